The molecule has 0 aliphatic rings. The van der Waals surface area contributed by atoms with Crippen LogP contribution in [0.3, 0.4) is 0 Å². The SMILES string of the molecule is NCCCCCNC(=O)C(Cc1ccccc1)NC(=O)OCc1ccccc1. The maximum atomic E-state index is 12.6. The van der Waals surface area contributed by atoms with Crippen molar-refractivity contribution in [2.45, 2.75) is 38.3 Å². The predicted octanol–water partition coefficient (Wildman–Crippen LogP) is 2.77. The van der Waals surface area contributed by atoms with Gasteiger partial charge in [0.15, 0.2) is 0 Å². The highest BCUT2D eigenvalue weighted by molar-refractivity contribution is 5.85. The molecule has 2 aromatic rings. The highest BCUT2D eigenvalue weighted by atomic mass is 16.5. The monoisotopic (exact) mass is 383 g/mol. The first-order valence-corrected chi connectivity index (χ1v) is 9.68. The van der Waals surface area contributed by atoms with E-state index in [0.29, 0.717) is 19.5 Å². The van der Waals surface area contributed by atoms with Gasteiger partial charge in [-0.2, -0.15) is 0 Å². The summed E-state index contributed by atoms with van der Waals surface area (Å²) in [6, 6.07) is 18.3. The fraction of sp³-hybridized carbons (Fsp3) is 0.364. The quantitative estimate of drug-likeness (QED) is 0.520. The van der Waals surface area contributed by atoms with Crippen molar-refractivity contribution < 1.29 is 14.3 Å². The Kier molecular flexibility index (Phi) is 9.58. The average Bonchev–Trinajstić information content (AvgIpc) is 2.73. The number of hydrogen-bond acceptors (Lipinski definition) is 4. The molecule has 0 radical (unpaired) electrons. The van der Waals surface area contributed by atoms with Crippen molar-refractivity contribution in [3.8, 4) is 0 Å². The molecule has 150 valence electrons. The van der Waals surface area contributed by atoms with Gasteiger partial charge >= 0.3 is 6.09 Å². The second-order valence-electron chi connectivity index (χ2n) is 6.59. The second-order valence-corrected chi connectivity index (χ2v) is 6.59. The summed E-state index contributed by atoms with van der Waals surface area (Å²) in [5.41, 5.74) is 7.34. The highest BCUT2D eigenvalue weighted by Crippen LogP contribution is 2.05. The zero-order valence-corrected chi connectivity index (χ0v) is 16.1. The van der Waals surface area contributed by atoms with Gasteiger partial charge in [0.2, 0.25) is 5.91 Å². The van der Waals surface area contributed by atoms with E-state index in [1.165, 1.54) is 0 Å². The Labute approximate surface area is 166 Å². The summed E-state index contributed by atoms with van der Waals surface area (Å²) < 4.78 is 5.26. The van der Waals surface area contributed by atoms with E-state index >= 15 is 0 Å². The first-order chi connectivity index (χ1) is 13.7. The minimum atomic E-state index is -0.694. The molecule has 0 saturated heterocycles. The van der Waals surface area contributed by atoms with Crippen molar-refractivity contribution in [3.05, 3.63) is 71.8 Å². The minimum absolute atomic E-state index is 0.158. The molecule has 0 fully saturated rings. The van der Waals surface area contributed by atoms with Crippen LogP contribution in [-0.2, 0) is 22.6 Å². The van der Waals surface area contributed by atoms with Crippen LogP contribution >= 0.6 is 0 Å². The Morgan fingerprint density at radius 3 is 2.18 bits per heavy atom. The number of nitrogens with one attached hydrogen (secondary N) is 2. The number of amides is 2. The zero-order chi connectivity index (χ0) is 20.0. The lowest BCUT2D eigenvalue weighted by Gasteiger charge is -2.18. The number of carbonyl (C=O) groups is 2. The number of hydrogen-bond donors (Lipinski definition) is 3. The zero-order valence-electron chi connectivity index (χ0n) is 16.1. The van der Waals surface area contributed by atoms with E-state index in [1.807, 2.05) is 60.7 Å². The maximum Gasteiger partial charge on any atom is 0.408 e. The van der Waals surface area contributed by atoms with Gasteiger partial charge in [-0.25, -0.2) is 4.79 Å². The molecule has 2 amide bonds. The van der Waals surface area contributed by atoms with Gasteiger partial charge in [-0.05, 0) is 30.5 Å². The number of benzene rings is 2. The van der Waals surface area contributed by atoms with Crippen LogP contribution in [0.2, 0.25) is 0 Å². The Morgan fingerprint density at radius 1 is 0.893 bits per heavy atom. The lowest BCUT2D eigenvalue weighted by molar-refractivity contribution is -0.123. The van der Waals surface area contributed by atoms with Gasteiger partial charge < -0.3 is 21.1 Å². The molecule has 6 nitrogen and oxygen atoms in total. The molecule has 4 N–H and O–H groups in total. The van der Waals surface area contributed by atoms with Gasteiger partial charge in [-0.1, -0.05) is 67.1 Å². The first-order valence-electron chi connectivity index (χ1n) is 9.68. The number of alkyl carbamates (subject to hydrolysis) is 1. The lowest BCUT2D eigenvalue weighted by Crippen LogP contribution is -2.48. The Morgan fingerprint density at radius 2 is 1.54 bits per heavy atom. The fourth-order valence-electron chi connectivity index (χ4n) is 2.75. The van der Waals surface area contributed by atoms with E-state index in [4.69, 9.17) is 10.5 Å². The molecule has 1 atom stereocenters. The summed E-state index contributed by atoms with van der Waals surface area (Å²) in [6.45, 7) is 1.37. The average molecular weight is 383 g/mol. The second kappa shape index (κ2) is 12.5. The smallest absolute Gasteiger partial charge is 0.408 e. The molecule has 28 heavy (non-hydrogen) atoms. The van der Waals surface area contributed by atoms with Crippen molar-refractivity contribution in [2.75, 3.05) is 13.1 Å². The third kappa shape index (κ3) is 8.22. The van der Waals surface area contributed by atoms with Crippen LogP contribution in [0.1, 0.15) is 30.4 Å². The molecule has 0 spiro atoms. The van der Waals surface area contributed by atoms with Crippen molar-refractivity contribution >= 4 is 12.0 Å². The van der Waals surface area contributed by atoms with E-state index in [-0.39, 0.29) is 12.5 Å². The number of carbonyl (C=O) groups excluding carboxylic acids is 2. The topological polar surface area (TPSA) is 93.5 Å². The minimum Gasteiger partial charge on any atom is -0.445 e. The van der Waals surface area contributed by atoms with Gasteiger partial charge in [0.25, 0.3) is 0 Å². The standard InChI is InChI=1S/C22H29N3O3/c23-14-8-3-9-15-24-21(26)20(16-18-10-4-1-5-11-18)25-22(27)28-17-19-12-6-2-7-13-19/h1-2,4-7,10-13,20H,3,8-9,14-17,23H2,(H,24,26)(H,25,27). The van der Waals surface area contributed by atoms with E-state index in [2.05, 4.69) is 10.6 Å². The summed E-state index contributed by atoms with van der Waals surface area (Å²) in [5.74, 6) is -0.215. The summed E-state index contributed by atoms with van der Waals surface area (Å²) in [6.07, 6.45) is 2.55. The molecular formula is C22H29N3O3. The third-order valence-corrected chi connectivity index (χ3v) is 4.28. The first kappa shape index (κ1) is 21.4. The van der Waals surface area contributed by atoms with E-state index < -0.39 is 12.1 Å². The predicted molar refractivity (Wildman–Crippen MR) is 110 cm³/mol. The molecule has 0 aliphatic heterocycles. The van der Waals surface area contributed by atoms with Gasteiger partial charge in [0.1, 0.15) is 12.6 Å². The molecule has 2 aromatic carbocycles. The molecule has 6 heteroatoms. The number of rotatable bonds is 11. The van der Waals surface area contributed by atoms with Crippen LogP contribution in [-0.4, -0.2) is 31.1 Å². The maximum absolute atomic E-state index is 12.6. The Bertz CT molecular complexity index is 707. The van der Waals surface area contributed by atoms with Crippen molar-refractivity contribution in [1.82, 2.24) is 10.6 Å². The molecule has 0 aromatic heterocycles. The van der Waals surface area contributed by atoms with Crippen molar-refractivity contribution in [2.24, 2.45) is 5.73 Å². The summed E-state index contributed by atoms with van der Waals surface area (Å²) in [7, 11) is 0. The van der Waals surface area contributed by atoms with Crippen molar-refractivity contribution in [1.29, 1.82) is 0 Å². The van der Waals surface area contributed by atoms with Crippen LogP contribution in [0, 0.1) is 0 Å². The van der Waals surface area contributed by atoms with E-state index in [9.17, 15) is 9.59 Å². The fourth-order valence-corrected chi connectivity index (χ4v) is 2.75. The Hall–Kier alpha value is -2.86. The van der Waals surface area contributed by atoms with Crippen LogP contribution in [0.4, 0.5) is 4.79 Å². The van der Waals surface area contributed by atoms with Crippen LogP contribution < -0.4 is 16.4 Å². The summed E-state index contributed by atoms with van der Waals surface area (Å²) in [4.78, 5) is 24.8. The van der Waals surface area contributed by atoms with Crippen molar-refractivity contribution in [3.63, 3.8) is 0 Å². The highest BCUT2D eigenvalue weighted by Gasteiger charge is 2.21. The van der Waals surface area contributed by atoms with Crippen LogP contribution in [0.25, 0.3) is 0 Å². The molecular weight excluding hydrogens is 354 g/mol. The van der Waals surface area contributed by atoms with Gasteiger partial charge in [-0.15, -0.1) is 0 Å². The van der Waals surface area contributed by atoms with Gasteiger partial charge in [-0.3, -0.25) is 4.79 Å². The molecule has 0 bridgehead atoms. The van der Waals surface area contributed by atoms with Gasteiger partial charge in [0.05, 0.1) is 0 Å². The molecule has 0 saturated carbocycles. The van der Waals surface area contributed by atoms with Gasteiger partial charge in [0, 0.05) is 13.0 Å². The number of unbranched alkanes of at least 4 members (excludes halogenated alkanes) is 2. The third-order valence-electron chi connectivity index (χ3n) is 4.28. The molecule has 0 aliphatic carbocycles. The number of nitrogens with two attached hydrogens (primary N) is 1. The summed E-state index contributed by atoms with van der Waals surface area (Å²) in [5, 5.41) is 5.59. The number of ether oxygens (including phenoxy) is 1. The normalized spacial score (nSPS) is 11.5. The lowest BCUT2D eigenvalue weighted by atomic mass is 10.1. The Balaban J connectivity index is 1.89. The molecule has 1 unspecified atom stereocenters. The molecule has 2 rings (SSSR count). The molecule has 0 heterocycles. The van der Waals surface area contributed by atoms with E-state index in [0.717, 1.165) is 30.4 Å². The van der Waals surface area contributed by atoms with Crippen LogP contribution in [0.15, 0.2) is 60.7 Å². The van der Waals surface area contributed by atoms with Crippen LogP contribution in [0.5, 0.6) is 0 Å². The summed E-state index contributed by atoms with van der Waals surface area (Å²) >= 11 is 0. The largest absolute Gasteiger partial charge is 0.445 e. The van der Waals surface area contributed by atoms with E-state index in [1.54, 1.807) is 0 Å².